The van der Waals surface area contributed by atoms with Crippen LogP contribution in [0.1, 0.15) is 33.3 Å². The third-order valence-electron chi connectivity index (χ3n) is 2.60. The molecule has 0 aliphatic carbocycles. The van der Waals surface area contributed by atoms with Gasteiger partial charge in [0.1, 0.15) is 5.75 Å². The van der Waals surface area contributed by atoms with Gasteiger partial charge in [-0.15, -0.1) is 0 Å². The van der Waals surface area contributed by atoms with Crippen molar-refractivity contribution in [2.24, 2.45) is 0 Å². The van der Waals surface area contributed by atoms with Crippen LogP contribution >= 0.6 is 15.9 Å². The molecule has 0 N–H and O–H groups in total. The zero-order chi connectivity index (χ0) is 12.8. The molecule has 0 saturated carbocycles. The first-order valence-electron chi connectivity index (χ1n) is 6.23. The number of rotatable bonds is 6. The summed E-state index contributed by atoms with van der Waals surface area (Å²) in [6.45, 7) is 11.6. The molecule has 1 rings (SSSR count). The molecule has 1 aromatic carbocycles. The molecule has 3 heteroatoms. The van der Waals surface area contributed by atoms with Gasteiger partial charge in [0.2, 0.25) is 0 Å². The summed E-state index contributed by atoms with van der Waals surface area (Å²) in [4.78, 5) is 2.39. The summed E-state index contributed by atoms with van der Waals surface area (Å²) in [7, 11) is 0. The molecule has 2 nitrogen and oxygen atoms in total. The van der Waals surface area contributed by atoms with Crippen LogP contribution in [0.2, 0.25) is 0 Å². The minimum atomic E-state index is 0.214. The van der Waals surface area contributed by atoms with Gasteiger partial charge in [0.05, 0.1) is 6.10 Å². The predicted molar refractivity (Wildman–Crippen MR) is 76.5 cm³/mol. The highest BCUT2D eigenvalue weighted by Gasteiger charge is 2.05. The molecule has 0 bridgehead atoms. The van der Waals surface area contributed by atoms with Crippen LogP contribution < -0.4 is 4.74 Å². The van der Waals surface area contributed by atoms with E-state index < -0.39 is 0 Å². The molecule has 0 heterocycles. The van der Waals surface area contributed by atoms with Crippen LogP contribution in [0.15, 0.2) is 22.7 Å². The lowest BCUT2D eigenvalue weighted by Gasteiger charge is -2.19. The lowest BCUT2D eigenvalue weighted by molar-refractivity contribution is 0.241. The Hall–Kier alpha value is -0.540. The fourth-order valence-electron chi connectivity index (χ4n) is 1.76. The van der Waals surface area contributed by atoms with E-state index in [0.717, 1.165) is 29.9 Å². The molecular formula is C14H22BrNO. The van der Waals surface area contributed by atoms with Gasteiger partial charge < -0.3 is 4.74 Å². The van der Waals surface area contributed by atoms with Crippen LogP contribution in [0.3, 0.4) is 0 Å². The van der Waals surface area contributed by atoms with Crippen LogP contribution in [0.25, 0.3) is 0 Å². The summed E-state index contributed by atoms with van der Waals surface area (Å²) in [6.07, 6.45) is 0.214. The van der Waals surface area contributed by atoms with E-state index in [2.05, 4.69) is 46.8 Å². The van der Waals surface area contributed by atoms with Gasteiger partial charge in [0.25, 0.3) is 0 Å². The highest BCUT2D eigenvalue weighted by atomic mass is 79.9. The molecule has 0 radical (unpaired) electrons. The zero-order valence-electron chi connectivity index (χ0n) is 11.2. The summed E-state index contributed by atoms with van der Waals surface area (Å²) >= 11 is 3.54. The van der Waals surface area contributed by atoms with Crippen LogP contribution in [0.4, 0.5) is 0 Å². The lowest BCUT2D eigenvalue weighted by Crippen LogP contribution is -2.22. The molecule has 96 valence electrons. The number of hydrogen-bond acceptors (Lipinski definition) is 2. The normalized spacial score (nSPS) is 11.2. The molecule has 0 aromatic heterocycles. The monoisotopic (exact) mass is 299 g/mol. The maximum Gasteiger partial charge on any atom is 0.121 e. The minimum absolute atomic E-state index is 0.214. The van der Waals surface area contributed by atoms with Gasteiger partial charge in [-0.25, -0.2) is 0 Å². The molecular weight excluding hydrogens is 278 g/mol. The van der Waals surface area contributed by atoms with Crippen molar-refractivity contribution in [2.75, 3.05) is 13.1 Å². The second-order valence-electron chi connectivity index (χ2n) is 4.42. The summed E-state index contributed by atoms with van der Waals surface area (Å²) in [5, 5.41) is 0. The second-order valence-corrected chi connectivity index (χ2v) is 5.34. The van der Waals surface area contributed by atoms with Crippen molar-refractivity contribution in [3.63, 3.8) is 0 Å². The Morgan fingerprint density at radius 1 is 1.18 bits per heavy atom. The van der Waals surface area contributed by atoms with Crippen molar-refractivity contribution in [1.29, 1.82) is 0 Å². The third kappa shape index (κ3) is 5.09. The van der Waals surface area contributed by atoms with Crippen molar-refractivity contribution in [1.82, 2.24) is 4.90 Å². The average Bonchev–Trinajstić information content (AvgIpc) is 2.24. The maximum absolute atomic E-state index is 5.74. The van der Waals surface area contributed by atoms with Gasteiger partial charge >= 0.3 is 0 Å². The van der Waals surface area contributed by atoms with Crippen LogP contribution in [0.5, 0.6) is 5.75 Å². The summed E-state index contributed by atoms with van der Waals surface area (Å²) < 4.78 is 6.82. The maximum atomic E-state index is 5.74. The van der Waals surface area contributed by atoms with E-state index in [9.17, 15) is 0 Å². The van der Waals surface area contributed by atoms with Crippen molar-refractivity contribution < 1.29 is 4.74 Å². The predicted octanol–water partition coefficient (Wildman–Crippen LogP) is 4.08. The van der Waals surface area contributed by atoms with Crippen molar-refractivity contribution >= 4 is 15.9 Å². The van der Waals surface area contributed by atoms with E-state index in [4.69, 9.17) is 4.74 Å². The summed E-state index contributed by atoms with van der Waals surface area (Å²) in [5.41, 5.74) is 1.29. The molecule has 0 fully saturated rings. The van der Waals surface area contributed by atoms with Gasteiger partial charge in [0.15, 0.2) is 0 Å². The smallest absolute Gasteiger partial charge is 0.121 e. The average molecular weight is 300 g/mol. The van der Waals surface area contributed by atoms with Crippen LogP contribution in [-0.2, 0) is 6.54 Å². The molecule has 0 aliphatic rings. The molecule has 0 unspecified atom stereocenters. The van der Waals surface area contributed by atoms with Crippen molar-refractivity contribution in [3.8, 4) is 5.75 Å². The van der Waals surface area contributed by atoms with Crippen LogP contribution in [-0.4, -0.2) is 24.1 Å². The zero-order valence-corrected chi connectivity index (χ0v) is 12.8. The quantitative estimate of drug-likeness (QED) is 0.785. The SMILES string of the molecule is CCN(CC)Cc1cc(Br)cc(OC(C)C)c1. The Labute approximate surface area is 113 Å². The topological polar surface area (TPSA) is 12.5 Å². The molecule has 0 spiro atoms. The molecule has 1 aromatic rings. The summed E-state index contributed by atoms with van der Waals surface area (Å²) in [6, 6.07) is 6.31. The number of benzene rings is 1. The first kappa shape index (κ1) is 14.5. The Morgan fingerprint density at radius 2 is 1.82 bits per heavy atom. The number of nitrogens with zero attached hydrogens (tertiary/aromatic N) is 1. The Kier molecular flexibility index (Phi) is 6.00. The first-order valence-corrected chi connectivity index (χ1v) is 7.03. The molecule has 0 atom stereocenters. The number of halogens is 1. The van der Waals surface area contributed by atoms with Gasteiger partial charge in [0, 0.05) is 11.0 Å². The lowest BCUT2D eigenvalue weighted by atomic mass is 10.2. The van der Waals surface area contributed by atoms with E-state index in [1.165, 1.54) is 5.56 Å². The van der Waals surface area contributed by atoms with Gasteiger partial charge in [-0.2, -0.15) is 0 Å². The molecule has 17 heavy (non-hydrogen) atoms. The third-order valence-corrected chi connectivity index (χ3v) is 3.06. The fraction of sp³-hybridized carbons (Fsp3) is 0.571. The van der Waals surface area contributed by atoms with Crippen molar-refractivity contribution in [3.05, 3.63) is 28.2 Å². The molecule has 0 aliphatic heterocycles. The van der Waals surface area contributed by atoms with E-state index in [1.54, 1.807) is 0 Å². The Balaban J connectivity index is 2.81. The van der Waals surface area contributed by atoms with E-state index >= 15 is 0 Å². The minimum Gasteiger partial charge on any atom is -0.491 e. The highest BCUT2D eigenvalue weighted by Crippen LogP contribution is 2.23. The molecule has 0 amide bonds. The Morgan fingerprint density at radius 3 is 2.35 bits per heavy atom. The highest BCUT2D eigenvalue weighted by molar-refractivity contribution is 9.10. The largest absolute Gasteiger partial charge is 0.491 e. The van der Waals surface area contributed by atoms with E-state index in [1.807, 2.05) is 19.9 Å². The van der Waals surface area contributed by atoms with Gasteiger partial charge in [-0.3, -0.25) is 4.90 Å². The van der Waals surface area contributed by atoms with E-state index in [-0.39, 0.29) is 6.10 Å². The van der Waals surface area contributed by atoms with Gasteiger partial charge in [-0.1, -0.05) is 29.8 Å². The Bertz CT molecular complexity index is 348. The number of hydrogen-bond donors (Lipinski definition) is 0. The van der Waals surface area contributed by atoms with Crippen molar-refractivity contribution in [2.45, 2.75) is 40.3 Å². The second kappa shape index (κ2) is 7.02. The van der Waals surface area contributed by atoms with Crippen LogP contribution in [0, 0.1) is 0 Å². The standard InChI is InChI=1S/C14H22BrNO/c1-5-16(6-2)10-12-7-13(15)9-14(8-12)17-11(3)4/h7-9,11H,5-6,10H2,1-4H3. The first-order chi connectivity index (χ1) is 8.05. The van der Waals surface area contributed by atoms with E-state index in [0.29, 0.717) is 0 Å². The number of ether oxygens (including phenoxy) is 1. The fourth-order valence-corrected chi connectivity index (χ4v) is 2.28. The van der Waals surface area contributed by atoms with Gasteiger partial charge in [-0.05, 0) is 50.7 Å². The summed E-state index contributed by atoms with van der Waals surface area (Å²) in [5.74, 6) is 0.941. The molecule has 0 saturated heterocycles.